The maximum absolute atomic E-state index is 4.61. The Hall–Kier alpha value is -1.50. The molecule has 78 valence electrons. The van der Waals surface area contributed by atoms with Gasteiger partial charge in [-0.15, -0.1) is 0 Å². The van der Waals surface area contributed by atoms with E-state index in [1.807, 2.05) is 6.92 Å². The van der Waals surface area contributed by atoms with Crippen LogP contribution >= 0.6 is 15.9 Å². The molecule has 15 heavy (non-hydrogen) atoms. The van der Waals surface area contributed by atoms with Crippen molar-refractivity contribution in [3.05, 3.63) is 28.7 Å². The van der Waals surface area contributed by atoms with Gasteiger partial charge in [-0.3, -0.25) is 0 Å². The Morgan fingerprint density at radius 2 is 2.33 bits per heavy atom. The third-order valence-electron chi connectivity index (χ3n) is 1.64. The second-order valence-electron chi connectivity index (χ2n) is 2.82. The Labute approximate surface area is 94.3 Å². The van der Waals surface area contributed by atoms with Gasteiger partial charge in [-0.1, -0.05) is 5.16 Å². The molecule has 6 nitrogen and oxygen atoms in total. The minimum absolute atomic E-state index is 0.472. The van der Waals surface area contributed by atoms with Gasteiger partial charge in [-0.05, 0) is 22.9 Å². The third kappa shape index (κ3) is 2.72. The Balaban J connectivity index is 2.05. The van der Waals surface area contributed by atoms with Crippen LogP contribution in [0.4, 0.5) is 5.82 Å². The van der Waals surface area contributed by atoms with Crippen LogP contribution in [-0.4, -0.2) is 20.1 Å². The molecule has 0 fully saturated rings. The first kappa shape index (κ1) is 10.0. The molecule has 2 aromatic heterocycles. The molecule has 0 aromatic carbocycles. The topological polar surface area (TPSA) is 76.7 Å². The van der Waals surface area contributed by atoms with E-state index in [2.05, 4.69) is 45.9 Å². The van der Waals surface area contributed by atoms with Crippen LogP contribution in [0.5, 0.6) is 0 Å². The molecule has 1 N–H and O–H groups in total. The fourth-order valence-corrected chi connectivity index (χ4v) is 1.54. The largest absolute Gasteiger partial charge is 0.362 e. The van der Waals surface area contributed by atoms with E-state index < -0.39 is 0 Å². The van der Waals surface area contributed by atoms with Crippen LogP contribution in [0.1, 0.15) is 11.6 Å². The molecule has 7 heteroatoms. The number of nitrogens with zero attached hydrogens (tertiary/aromatic N) is 4. The van der Waals surface area contributed by atoms with Crippen molar-refractivity contribution in [1.82, 2.24) is 20.1 Å². The van der Waals surface area contributed by atoms with Crippen molar-refractivity contribution >= 4 is 21.7 Å². The molecular weight excluding hydrogens is 262 g/mol. The highest BCUT2D eigenvalue weighted by atomic mass is 79.9. The predicted molar refractivity (Wildman–Crippen MR) is 56.1 cm³/mol. The van der Waals surface area contributed by atoms with E-state index in [0.29, 0.717) is 18.2 Å². The lowest BCUT2D eigenvalue weighted by atomic mass is 10.5. The lowest BCUT2D eigenvalue weighted by molar-refractivity contribution is 0.411. The van der Waals surface area contributed by atoms with E-state index in [-0.39, 0.29) is 0 Å². The second kappa shape index (κ2) is 4.35. The molecule has 2 aromatic rings. The number of hydrogen-bond donors (Lipinski definition) is 1. The minimum atomic E-state index is 0.472. The SMILES string of the molecule is Cc1nc(Br)cc(NCc2ncon2)n1. The lowest BCUT2D eigenvalue weighted by Gasteiger charge is -2.03. The van der Waals surface area contributed by atoms with Crippen molar-refractivity contribution in [3.8, 4) is 0 Å². The Morgan fingerprint density at radius 1 is 1.47 bits per heavy atom. The summed E-state index contributed by atoms with van der Waals surface area (Å²) in [6.07, 6.45) is 1.29. The van der Waals surface area contributed by atoms with Gasteiger partial charge in [0.2, 0.25) is 6.39 Å². The predicted octanol–water partition coefficient (Wildman–Crippen LogP) is 1.54. The van der Waals surface area contributed by atoms with Crippen LogP contribution in [0.3, 0.4) is 0 Å². The summed E-state index contributed by atoms with van der Waals surface area (Å²) in [5.41, 5.74) is 0. The van der Waals surface area contributed by atoms with E-state index in [1.165, 1.54) is 6.39 Å². The average molecular weight is 270 g/mol. The van der Waals surface area contributed by atoms with Crippen LogP contribution in [-0.2, 0) is 6.54 Å². The summed E-state index contributed by atoms with van der Waals surface area (Å²) in [7, 11) is 0. The van der Waals surface area contributed by atoms with Crippen molar-refractivity contribution in [2.75, 3.05) is 5.32 Å². The zero-order valence-electron chi connectivity index (χ0n) is 7.94. The van der Waals surface area contributed by atoms with Crippen molar-refractivity contribution < 1.29 is 4.52 Å². The third-order valence-corrected chi connectivity index (χ3v) is 2.05. The molecule has 0 aliphatic heterocycles. The van der Waals surface area contributed by atoms with Crippen LogP contribution < -0.4 is 5.32 Å². The van der Waals surface area contributed by atoms with Gasteiger partial charge >= 0.3 is 0 Å². The standard InChI is InChI=1S/C8H8BrN5O/c1-5-12-6(9)2-7(13-5)10-3-8-11-4-15-14-8/h2,4H,3H2,1H3,(H,10,12,13). The molecule has 0 saturated carbocycles. The van der Waals surface area contributed by atoms with Crippen molar-refractivity contribution in [2.24, 2.45) is 0 Å². The molecule has 0 saturated heterocycles. The van der Waals surface area contributed by atoms with E-state index >= 15 is 0 Å². The van der Waals surface area contributed by atoms with Crippen molar-refractivity contribution in [3.63, 3.8) is 0 Å². The molecule has 0 unspecified atom stereocenters. The number of nitrogens with one attached hydrogen (secondary N) is 1. The monoisotopic (exact) mass is 269 g/mol. The first-order chi connectivity index (χ1) is 7.24. The lowest BCUT2D eigenvalue weighted by Crippen LogP contribution is -2.04. The highest BCUT2D eigenvalue weighted by molar-refractivity contribution is 9.10. The Kier molecular flexibility index (Phi) is 2.91. The van der Waals surface area contributed by atoms with Gasteiger partial charge in [-0.25, -0.2) is 9.97 Å². The van der Waals surface area contributed by atoms with Crippen LogP contribution in [0.25, 0.3) is 0 Å². The molecular formula is C8H8BrN5O. The number of hydrogen-bond acceptors (Lipinski definition) is 6. The molecule has 0 atom stereocenters. The van der Waals surface area contributed by atoms with Crippen molar-refractivity contribution in [2.45, 2.75) is 13.5 Å². The van der Waals surface area contributed by atoms with Gasteiger partial charge < -0.3 is 9.84 Å². The first-order valence-corrected chi connectivity index (χ1v) is 5.03. The van der Waals surface area contributed by atoms with Gasteiger partial charge in [0.25, 0.3) is 0 Å². The molecule has 2 rings (SSSR count). The molecule has 2 heterocycles. The van der Waals surface area contributed by atoms with Gasteiger partial charge in [0.05, 0.1) is 6.54 Å². The second-order valence-corrected chi connectivity index (χ2v) is 3.64. The fourth-order valence-electron chi connectivity index (χ4n) is 1.06. The summed E-state index contributed by atoms with van der Waals surface area (Å²) >= 11 is 3.29. The summed E-state index contributed by atoms with van der Waals surface area (Å²) in [4.78, 5) is 12.2. The van der Waals surface area contributed by atoms with Gasteiger partial charge in [0.1, 0.15) is 16.2 Å². The summed E-state index contributed by atoms with van der Waals surface area (Å²) in [5.74, 6) is 2.00. The van der Waals surface area contributed by atoms with Gasteiger partial charge in [-0.2, -0.15) is 4.98 Å². The quantitative estimate of drug-likeness (QED) is 0.852. The zero-order valence-corrected chi connectivity index (χ0v) is 9.52. The van der Waals surface area contributed by atoms with Crippen LogP contribution in [0, 0.1) is 6.92 Å². The average Bonchev–Trinajstić information content (AvgIpc) is 2.65. The van der Waals surface area contributed by atoms with Crippen molar-refractivity contribution in [1.29, 1.82) is 0 Å². The summed E-state index contributed by atoms with van der Waals surface area (Å²) in [5, 5.41) is 6.74. The number of aromatic nitrogens is 4. The Morgan fingerprint density at radius 3 is 3.00 bits per heavy atom. The number of rotatable bonds is 3. The first-order valence-electron chi connectivity index (χ1n) is 4.24. The molecule has 0 aliphatic carbocycles. The number of halogens is 1. The fraction of sp³-hybridized carbons (Fsp3) is 0.250. The maximum Gasteiger partial charge on any atom is 0.213 e. The smallest absolute Gasteiger partial charge is 0.213 e. The van der Waals surface area contributed by atoms with Crippen LogP contribution in [0.15, 0.2) is 21.6 Å². The highest BCUT2D eigenvalue weighted by Gasteiger charge is 2.01. The van der Waals surface area contributed by atoms with E-state index in [9.17, 15) is 0 Å². The molecule has 0 spiro atoms. The molecule has 0 bridgehead atoms. The molecule has 0 aliphatic rings. The summed E-state index contributed by atoms with van der Waals surface area (Å²) < 4.78 is 5.35. The zero-order chi connectivity index (χ0) is 10.7. The van der Waals surface area contributed by atoms with Crippen LogP contribution in [0.2, 0.25) is 0 Å². The summed E-state index contributed by atoms with van der Waals surface area (Å²) in [6, 6.07) is 1.78. The summed E-state index contributed by atoms with van der Waals surface area (Å²) in [6.45, 7) is 2.30. The number of anilines is 1. The Bertz CT molecular complexity index is 424. The minimum Gasteiger partial charge on any atom is -0.362 e. The van der Waals surface area contributed by atoms with Gasteiger partial charge in [0.15, 0.2) is 5.82 Å². The maximum atomic E-state index is 4.61. The van der Waals surface area contributed by atoms with E-state index in [4.69, 9.17) is 0 Å². The molecule has 0 amide bonds. The van der Waals surface area contributed by atoms with Gasteiger partial charge in [0, 0.05) is 6.07 Å². The highest BCUT2D eigenvalue weighted by Crippen LogP contribution is 2.12. The normalized spacial score (nSPS) is 10.3. The van der Waals surface area contributed by atoms with E-state index in [0.717, 1.165) is 10.4 Å². The number of aryl methyl sites for hydroxylation is 1. The molecule has 0 radical (unpaired) electrons. The van der Waals surface area contributed by atoms with E-state index in [1.54, 1.807) is 6.07 Å².